The van der Waals surface area contributed by atoms with Gasteiger partial charge in [0.05, 0.1) is 11.3 Å². The lowest BCUT2D eigenvalue weighted by molar-refractivity contribution is -0.113. The predicted molar refractivity (Wildman–Crippen MR) is 115 cm³/mol. The zero-order chi connectivity index (χ0) is 19.8. The van der Waals surface area contributed by atoms with Crippen LogP contribution in [-0.2, 0) is 4.79 Å². The van der Waals surface area contributed by atoms with Crippen LogP contribution in [0.4, 0.5) is 5.69 Å². The number of nitrogens with one attached hydrogen (secondary N) is 1. The average Bonchev–Trinajstić information content (AvgIpc) is 3.09. The summed E-state index contributed by atoms with van der Waals surface area (Å²) in [5, 5.41) is 13.5. The highest BCUT2D eigenvalue weighted by molar-refractivity contribution is 7.99. The number of aromatic nitrogens is 3. The van der Waals surface area contributed by atoms with Gasteiger partial charge in [-0.05, 0) is 79.6 Å². The fraction of sp³-hybridized carbons (Fsp3) is 0.227. The van der Waals surface area contributed by atoms with E-state index in [-0.39, 0.29) is 11.7 Å². The van der Waals surface area contributed by atoms with E-state index in [0.717, 1.165) is 38.5 Å². The van der Waals surface area contributed by atoms with Crippen molar-refractivity contribution in [2.75, 3.05) is 11.1 Å². The van der Waals surface area contributed by atoms with Crippen LogP contribution in [0, 0.1) is 27.7 Å². The van der Waals surface area contributed by atoms with E-state index >= 15 is 0 Å². The summed E-state index contributed by atoms with van der Waals surface area (Å²) in [5.74, 6) is 0.216. The van der Waals surface area contributed by atoms with Gasteiger partial charge in [-0.2, -0.15) is 0 Å². The normalized spacial score (nSPS) is 11.3. The second-order valence-electron chi connectivity index (χ2n) is 7.17. The quantitative estimate of drug-likeness (QED) is 0.506. The first-order chi connectivity index (χ1) is 13.4. The van der Waals surface area contributed by atoms with E-state index in [1.54, 1.807) is 0 Å². The van der Waals surface area contributed by atoms with Crippen molar-refractivity contribution in [3.05, 3.63) is 64.7 Å². The number of carbonyl (C=O) groups is 1. The maximum Gasteiger partial charge on any atom is 0.234 e. The first-order valence-corrected chi connectivity index (χ1v) is 10.2. The molecule has 0 fully saturated rings. The minimum Gasteiger partial charge on any atom is -0.325 e. The Morgan fingerprint density at radius 3 is 2.57 bits per heavy atom. The minimum absolute atomic E-state index is 0.0573. The van der Waals surface area contributed by atoms with Gasteiger partial charge in [0.1, 0.15) is 0 Å². The minimum atomic E-state index is -0.0573. The van der Waals surface area contributed by atoms with E-state index in [4.69, 9.17) is 0 Å². The summed E-state index contributed by atoms with van der Waals surface area (Å²) in [7, 11) is 0. The molecule has 0 bridgehead atoms. The Labute approximate surface area is 168 Å². The lowest BCUT2D eigenvalue weighted by Crippen LogP contribution is -2.14. The van der Waals surface area contributed by atoms with Gasteiger partial charge >= 0.3 is 0 Å². The van der Waals surface area contributed by atoms with E-state index in [1.807, 2.05) is 36.4 Å². The number of thioether (sulfide) groups is 1. The standard InChI is InChI=1S/C22H22N4OS/c1-13-5-7-17-10-16(4)21-24-25-22(26(21)19(17)9-13)28-12-20(27)23-18-8-6-14(2)15(3)11-18/h5-11H,12H2,1-4H3,(H,23,27). The summed E-state index contributed by atoms with van der Waals surface area (Å²) < 4.78 is 2.05. The first kappa shape index (κ1) is 18.5. The molecule has 0 saturated carbocycles. The summed E-state index contributed by atoms with van der Waals surface area (Å²) >= 11 is 1.40. The van der Waals surface area contributed by atoms with Crippen molar-refractivity contribution < 1.29 is 4.79 Å². The van der Waals surface area contributed by atoms with Crippen LogP contribution in [0.25, 0.3) is 16.6 Å². The van der Waals surface area contributed by atoms with Gasteiger partial charge < -0.3 is 5.32 Å². The molecule has 0 aliphatic heterocycles. The van der Waals surface area contributed by atoms with Crippen molar-refractivity contribution in [3.8, 4) is 0 Å². The van der Waals surface area contributed by atoms with Gasteiger partial charge in [-0.3, -0.25) is 9.20 Å². The molecule has 0 spiro atoms. The van der Waals surface area contributed by atoms with E-state index in [2.05, 4.69) is 53.6 Å². The molecule has 4 aromatic rings. The summed E-state index contributed by atoms with van der Waals surface area (Å²) in [6.45, 7) is 8.20. The number of amides is 1. The molecule has 28 heavy (non-hydrogen) atoms. The highest BCUT2D eigenvalue weighted by atomic mass is 32.2. The van der Waals surface area contributed by atoms with Crippen LogP contribution < -0.4 is 5.32 Å². The Hall–Kier alpha value is -2.86. The van der Waals surface area contributed by atoms with Gasteiger partial charge in [-0.15, -0.1) is 10.2 Å². The summed E-state index contributed by atoms with van der Waals surface area (Å²) in [4.78, 5) is 12.4. The van der Waals surface area contributed by atoms with Crippen molar-refractivity contribution in [1.29, 1.82) is 0 Å². The van der Waals surface area contributed by atoms with Gasteiger partial charge in [0, 0.05) is 5.69 Å². The van der Waals surface area contributed by atoms with Crippen molar-refractivity contribution in [3.63, 3.8) is 0 Å². The van der Waals surface area contributed by atoms with E-state index in [1.165, 1.54) is 22.9 Å². The molecule has 2 aromatic heterocycles. The number of nitrogens with zero attached hydrogens (tertiary/aromatic N) is 3. The fourth-order valence-corrected chi connectivity index (χ4v) is 3.99. The monoisotopic (exact) mass is 390 g/mol. The van der Waals surface area contributed by atoms with Crippen LogP contribution in [0.1, 0.15) is 22.3 Å². The molecular weight excluding hydrogens is 368 g/mol. The van der Waals surface area contributed by atoms with E-state index < -0.39 is 0 Å². The van der Waals surface area contributed by atoms with Gasteiger partial charge in [0.2, 0.25) is 5.91 Å². The van der Waals surface area contributed by atoms with E-state index in [0.29, 0.717) is 0 Å². The summed E-state index contributed by atoms with van der Waals surface area (Å²) in [6.07, 6.45) is 0. The van der Waals surface area contributed by atoms with Crippen LogP contribution in [0.5, 0.6) is 0 Å². The maximum atomic E-state index is 12.4. The number of carbonyl (C=O) groups excluding carboxylic acids is 1. The number of pyridine rings is 1. The fourth-order valence-electron chi connectivity index (χ4n) is 3.25. The summed E-state index contributed by atoms with van der Waals surface area (Å²) in [6, 6.07) is 14.4. The molecule has 4 rings (SSSR count). The molecule has 1 N–H and O–H groups in total. The Kier molecular flexibility index (Phi) is 4.81. The Morgan fingerprint density at radius 1 is 0.964 bits per heavy atom. The Balaban J connectivity index is 1.59. The molecule has 0 saturated heterocycles. The predicted octanol–water partition coefficient (Wildman–Crippen LogP) is 4.85. The van der Waals surface area contributed by atoms with Crippen LogP contribution in [-0.4, -0.2) is 26.3 Å². The van der Waals surface area contributed by atoms with Crippen LogP contribution in [0.2, 0.25) is 0 Å². The third-order valence-corrected chi connectivity index (χ3v) is 5.84. The zero-order valence-electron chi connectivity index (χ0n) is 16.4. The van der Waals surface area contributed by atoms with E-state index in [9.17, 15) is 4.79 Å². The summed E-state index contributed by atoms with van der Waals surface area (Å²) in [5.41, 5.74) is 7.31. The third-order valence-electron chi connectivity index (χ3n) is 4.91. The maximum absolute atomic E-state index is 12.4. The first-order valence-electron chi connectivity index (χ1n) is 9.17. The van der Waals surface area contributed by atoms with Crippen LogP contribution >= 0.6 is 11.8 Å². The Bertz CT molecular complexity index is 1210. The SMILES string of the molecule is Cc1ccc2cc(C)c3nnc(SCC(=O)Nc4ccc(C)c(C)c4)n3c2c1. The number of rotatable bonds is 4. The second-order valence-corrected chi connectivity index (χ2v) is 8.11. The molecule has 2 heterocycles. The Morgan fingerprint density at radius 2 is 1.79 bits per heavy atom. The molecule has 0 aliphatic rings. The largest absolute Gasteiger partial charge is 0.325 e. The number of benzene rings is 2. The van der Waals surface area contributed by atoms with Crippen LogP contribution in [0.3, 0.4) is 0 Å². The molecule has 6 heteroatoms. The number of anilines is 1. The molecule has 2 aromatic carbocycles. The molecule has 5 nitrogen and oxygen atoms in total. The second kappa shape index (κ2) is 7.28. The lowest BCUT2D eigenvalue weighted by Gasteiger charge is -2.09. The van der Waals surface area contributed by atoms with Gasteiger partial charge in [-0.1, -0.05) is 30.0 Å². The number of hydrogen-bond donors (Lipinski definition) is 1. The molecule has 1 amide bonds. The number of fused-ring (bicyclic) bond motifs is 3. The molecular formula is C22H22N4OS. The number of aryl methyl sites for hydroxylation is 4. The smallest absolute Gasteiger partial charge is 0.234 e. The van der Waals surface area contributed by atoms with Crippen LogP contribution in [0.15, 0.2) is 47.6 Å². The van der Waals surface area contributed by atoms with Crippen molar-refractivity contribution in [1.82, 2.24) is 14.6 Å². The molecule has 0 unspecified atom stereocenters. The average molecular weight is 391 g/mol. The van der Waals surface area contributed by atoms with Gasteiger partial charge in [0.25, 0.3) is 0 Å². The molecule has 0 radical (unpaired) electrons. The van der Waals surface area contributed by atoms with Gasteiger partial charge in [0.15, 0.2) is 10.8 Å². The van der Waals surface area contributed by atoms with Crippen molar-refractivity contribution >= 4 is 39.9 Å². The molecule has 0 aliphatic carbocycles. The van der Waals surface area contributed by atoms with Crippen molar-refractivity contribution in [2.45, 2.75) is 32.9 Å². The lowest BCUT2D eigenvalue weighted by atomic mass is 10.1. The third kappa shape index (κ3) is 3.47. The van der Waals surface area contributed by atoms with Gasteiger partial charge in [-0.25, -0.2) is 0 Å². The molecule has 0 atom stereocenters. The highest BCUT2D eigenvalue weighted by Crippen LogP contribution is 2.26. The zero-order valence-corrected chi connectivity index (χ0v) is 17.2. The number of hydrogen-bond acceptors (Lipinski definition) is 4. The van der Waals surface area contributed by atoms with Crippen molar-refractivity contribution in [2.24, 2.45) is 0 Å². The molecule has 142 valence electrons. The topological polar surface area (TPSA) is 59.3 Å². The highest BCUT2D eigenvalue weighted by Gasteiger charge is 2.14.